The van der Waals surface area contributed by atoms with Crippen molar-refractivity contribution in [3.63, 3.8) is 0 Å². The number of hydrogen-bond acceptors (Lipinski definition) is 8. The molecule has 2 aromatic carbocycles. The summed E-state index contributed by atoms with van der Waals surface area (Å²) < 4.78 is 10.0. The second-order valence-corrected chi connectivity index (χ2v) is 5.59. The smallest absolute Gasteiger partial charge is 0.210 e. The molecule has 1 aliphatic rings. The number of phenolic OH excluding ortho intramolecular Hbond substituents is 3. The first kappa shape index (κ1) is 16.9. The van der Waals surface area contributed by atoms with Crippen molar-refractivity contribution >= 4 is 5.78 Å². The number of phenols is 3. The van der Waals surface area contributed by atoms with Gasteiger partial charge in [-0.05, 0) is 17.7 Å². The first-order valence-corrected chi connectivity index (χ1v) is 7.34. The van der Waals surface area contributed by atoms with E-state index in [0.717, 1.165) is 6.07 Å². The van der Waals surface area contributed by atoms with Gasteiger partial charge in [-0.15, -0.1) is 0 Å². The summed E-state index contributed by atoms with van der Waals surface area (Å²) >= 11 is 0. The molecule has 0 radical (unpaired) electrons. The average Bonchev–Trinajstić information content (AvgIpc) is 2.55. The van der Waals surface area contributed by atoms with Crippen LogP contribution in [0.25, 0.3) is 0 Å². The van der Waals surface area contributed by atoms with Gasteiger partial charge in [0.1, 0.15) is 23.0 Å². The van der Waals surface area contributed by atoms with Crippen LogP contribution in [0, 0.1) is 5.92 Å². The van der Waals surface area contributed by atoms with E-state index < -0.39 is 35.6 Å². The normalized spacial score (nSPS) is 20.5. The van der Waals surface area contributed by atoms with Crippen LogP contribution in [0.3, 0.4) is 0 Å². The van der Waals surface area contributed by atoms with Crippen molar-refractivity contribution in [1.29, 1.82) is 0 Å². The van der Waals surface area contributed by atoms with Crippen molar-refractivity contribution in [2.45, 2.75) is 12.4 Å². The van der Waals surface area contributed by atoms with Crippen LogP contribution in [0.2, 0.25) is 0 Å². The van der Waals surface area contributed by atoms with Gasteiger partial charge in [0, 0.05) is 6.07 Å². The summed E-state index contributed by atoms with van der Waals surface area (Å²) in [4.78, 5) is 12.8. The molecular formula is C17H16O8. The second kappa shape index (κ2) is 6.15. The Labute approximate surface area is 142 Å². The summed E-state index contributed by atoms with van der Waals surface area (Å²) in [5.41, 5.74) is -0.0322. The van der Waals surface area contributed by atoms with Gasteiger partial charge in [0.15, 0.2) is 17.3 Å². The molecule has 5 N–H and O–H groups in total. The van der Waals surface area contributed by atoms with Crippen LogP contribution in [0.15, 0.2) is 30.3 Å². The lowest BCUT2D eigenvalue weighted by Gasteiger charge is -2.32. The Morgan fingerprint density at radius 1 is 1.16 bits per heavy atom. The number of Topliss-reactive ketones (excluding diaryl/α,β-unsaturated/α-hetero) is 1. The highest BCUT2D eigenvalue weighted by Crippen LogP contribution is 2.48. The molecule has 0 aromatic heterocycles. The van der Waals surface area contributed by atoms with E-state index in [1.54, 1.807) is 0 Å². The first-order chi connectivity index (χ1) is 11.8. The summed E-state index contributed by atoms with van der Waals surface area (Å²) in [7, 11) is 1.20. The number of carbonyl (C=O) groups excluding carboxylic acids is 1. The Morgan fingerprint density at radius 3 is 2.40 bits per heavy atom. The molecule has 8 heteroatoms. The average molecular weight is 348 g/mol. The van der Waals surface area contributed by atoms with Gasteiger partial charge in [-0.2, -0.15) is 0 Å². The summed E-state index contributed by atoms with van der Waals surface area (Å²) in [5, 5.41) is 49.9. The molecule has 1 aliphatic heterocycles. The third-order valence-electron chi connectivity index (χ3n) is 4.08. The zero-order valence-electron chi connectivity index (χ0n) is 13.1. The highest BCUT2D eigenvalue weighted by Gasteiger charge is 2.44. The van der Waals surface area contributed by atoms with Gasteiger partial charge >= 0.3 is 0 Å². The van der Waals surface area contributed by atoms with Crippen LogP contribution in [-0.2, 0) is 0 Å². The van der Waals surface area contributed by atoms with E-state index >= 15 is 0 Å². The van der Waals surface area contributed by atoms with Crippen molar-refractivity contribution in [1.82, 2.24) is 0 Å². The fraction of sp³-hybridized carbons (Fsp3) is 0.235. The van der Waals surface area contributed by atoms with Crippen LogP contribution >= 0.6 is 0 Å². The monoisotopic (exact) mass is 348 g/mol. The fourth-order valence-electron chi connectivity index (χ4n) is 2.82. The molecule has 0 aliphatic carbocycles. The molecule has 25 heavy (non-hydrogen) atoms. The molecule has 0 saturated heterocycles. The molecule has 0 spiro atoms. The number of aliphatic hydroxyl groups excluding tert-OH is 2. The maximum absolute atomic E-state index is 12.8. The molecular weight excluding hydrogens is 332 g/mol. The van der Waals surface area contributed by atoms with Gasteiger partial charge in [-0.1, -0.05) is 12.1 Å². The lowest BCUT2D eigenvalue weighted by Crippen LogP contribution is -2.41. The van der Waals surface area contributed by atoms with E-state index in [4.69, 9.17) is 9.47 Å². The summed E-state index contributed by atoms with van der Waals surface area (Å²) in [6, 6.07) is 6.48. The Morgan fingerprint density at radius 2 is 1.80 bits per heavy atom. The van der Waals surface area contributed by atoms with Crippen LogP contribution < -0.4 is 9.47 Å². The van der Waals surface area contributed by atoms with E-state index in [2.05, 4.69) is 0 Å². The molecule has 0 amide bonds. The van der Waals surface area contributed by atoms with Gasteiger partial charge in [0.2, 0.25) is 12.0 Å². The van der Waals surface area contributed by atoms with Gasteiger partial charge < -0.3 is 35.0 Å². The van der Waals surface area contributed by atoms with Crippen LogP contribution in [0.1, 0.15) is 22.0 Å². The van der Waals surface area contributed by atoms with Gasteiger partial charge in [0.25, 0.3) is 0 Å². The van der Waals surface area contributed by atoms with Crippen molar-refractivity contribution in [2.24, 2.45) is 5.92 Å². The molecule has 1 heterocycles. The molecule has 2 aromatic rings. The third-order valence-corrected chi connectivity index (χ3v) is 4.08. The number of carbonyl (C=O) groups is 1. The highest BCUT2D eigenvalue weighted by atomic mass is 16.6. The lowest BCUT2D eigenvalue weighted by molar-refractivity contribution is -0.0930. The zero-order chi connectivity index (χ0) is 18.3. The fourth-order valence-corrected chi connectivity index (χ4v) is 2.82. The van der Waals surface area contributed by atoms with E-state index in [0.29, 0.717) is 0 Å². The van der Waals surface area contributed by atoms with Gasteiger partial charge in [-0.25, -0.2) is 0 Å². The van der Waals surface area contributed by atoms with E-state index in [9.17, 15) is 30.3 Å². The Balaban J connectivity index is 2.05. The predicted octanol–water partition coefficient (Wildman–Crippen LogP) is 1.06. The number of aliphatic hydroxyl groups is 2. The van der Waals surface area contributed by atoms with Crippen LogP contribution in [0.5, 0.6) is 28.7 Å². The topological polar surface area (TPSA) is 137 Å². The highest BCUT2D eigenvalue weighted by molar-refractivity contribution is 6.05. The van der Waals surface area contributed by atoms with Crippen molar-refractivity contribution in [3.05, 3.63) is 41.5 Å². The first-order valence-electron chi connectivity index (χ1n) is 7.34. The van der Waals surface area contributed by atoms with E-state index in [1.165, 1.54) is 31.4 Å². The van der Waals surface area contributed by atoms with Gasteiger partial charge in [-0.3, -0.25) is 4.79 Å². The molecule has 3 atom stereocenters. The second-order valence-electron chi connectivity index (χ2n) is 5.59. The number of ketones is 1. The molecule has 3 rings (SSSR count). The number of rotatable bonds is 3. The predicted molar refractivity (Wildman–Crippen MR) is 83.8 cm³/mol. The Hall–Kier alpha value is -2.97. The Kier molecular flexibility index (Phi) is 4.15. The SMILES string of the molecule is COc1c(O)cc2c(c1O)C(=O)[C@@H]([C@H](O)c1ccc(O)cc1)[C@H](O)O2. The van der Waals surface area contributed by atoms with E-state index in [1.807, 2.05) is 0 Å². The van der Waals surface area contributed by atoms with Crippen LogP contribution in [0.4, 0.5) is 0 Å². The van der Waals surface area contributed by atoms with Crippen LogP contribution in [-0.4, -0.2) is 44.7 Å². The zero-order valence-corrected chi connectivity index (χ0v) is 13.1. The number of hydrogen-bond donors (Lipinski definition) is 5. The quantitative estimate of drug-likeness (QED) is 0.555. The summed E-state index contributed by atoms with van der Waals surface area (Å²) in [5.74, 6) is -3.85. The largest absolute Gasteiger partial charge is 0.508 e. The maximum Gasteiger partial charge on any atom is 0.210 e. The molecule has 8 nitrogen and oxygen atoms in total. The van der Waals surface area contributed by atoms with Gasteiger partial charge in [0.05, 0.1) is 13.2 Å². The van der Waals surface area contributed by atoms with Crippen molar-refractivity contribution < 1.29 is 39.8 Å². The minimum Gasteiger partial charge on any atom is -0.508 e. The summed E-state index contributed by atoms with van der Waals surface area (Å²) in [6.07, 6.45) is -3.15. The maximum atomic E-state index is 12.8. The summed E-state index contributed by atoms with van der Waals surface area (Å²) in [6.45, 7) is 0. The standard InChI is InChI=1S/C17H16O8/c1-24-16-9(19)6-10-11(15(16)22)14(21)12(17(23)25-10)13(20)7-2-4-8(18)5-3-7/h2-6,12-13,17-20,22-23H,1H3/t12-,13-,17-/m1/s1. The number of methoxy groups -OCH3 is 1. The molecule has 0 unspecified atom stereocenters. The molecule has 0 saturated carbocycles. The Bertz CT molecular complexity index is 814. The molecule has 0 bridgehead atoms. The van der Waals surface area contributed by atoms with Crippen molar-refractivity contribution in [3.8, 4) is 28.7 Å². The van der Waals surface area contributed by atoms with Crippen molar-refractivity contribution in [2.75, 3.05) is 7.11 Å². The third kappa shape index (κ3) is 2.71. The minimum atomic E-state index is -1.70. The number of fused-ring (bicyclic) bond motifs is 1. The minimum absolute atomic E-state index is 0.0223. The number of benzene rings is 2. The number of ether oxygens (including phenoxy) is 2. The lowest BCUT2D eigenvalue weighted by atomic mass is 9.85. The molecule has 0 fully saturated rings. The molecule has 132 valence electrons. The number of aromatic hydroxyl groups is 3. The van der Waals surface area contributed by atoms with E-state index in [-0.39, 0.29) is 28.4 Å².